The normalized spacial score (nSPS) is 18.3. The van der Waals surface area contributed by atoms with Crippen LogP contribution >= 0.6 is 0 Å². The molecule has 3 aromatic rings. The van der Waals surface area contributed by atoms with E-state index in [1.807, 2.05) is 0 Å². The fourth-order valence-electron chi connectivity index (χ4n) is 3.29. The summed E-state index contributed by atoms with van der Waals surface area (Å²) in [4.78, 5) is 3.80. The van der Waals surface area contributed by atoms with Gasteiger partial charge in [0, 0.05) is 18.2 Å². The number of hydrogen-bond acceptors (Lipinski definition) is 4. The molecule has 0 saturated carbocycles. The van der Waals surface area contributed by atoms with Crippen LogP contribution in [0, 0.1) is 11.6 Å². The maximum absolute atomic E-state index is 15.2. The first-order valence-corrected chi connectivity index (χ1v) is 9.18. The number of aromatic nitrogens is 1. The van der Waals surface area contributed by atoms with Crippen molar-refractivity contribution in [2.24, 2.45) is 0 Å². The maximum atomic E-state index is 15.2. The van der Waals surface area contributed by atoms with Crippen LogP contribution in [-0.4, -0.2) is 23.3 Å². The van der Waals surface area contributed by atoms with Crippen LogP contribution in [0.2, 0.25) is 0 Å². The van der Waals surface area contributed by atoms with Gasteiger partial charge in [-0.1, -0.05) is 18.2 Å². The van der Waals surface area contributed by atoms with E-state index in [0.29, 0.717) is 18.2 Å². The van der Waals surface area contributed by atoms with E-state index >= 15 is 8.78 Å². The zero-order valence-corrected chi connectivity index (χ0v) is 15.6. The number of epoxide rings is 1. The van der Waals surface area contributed by atoms with Crippen LogP contribution < -0.4 is 4.74 Å². The highest BCUT2D eigenvalue weighted by atomic mass is 19.3. The standard InChI is InChI=1S/C22H17F4NO3/c23-15-5-7-17(18(24)11-15)21(13-29-21)22(25,26)20-8-6-16(12-27-20)30-19-4-2-1-3-14(19)9-10-28/h1-8,11-12,28H,9-10,13H2. The number of halogens is 4. The van der Waals surface area contributed by atoms with Crippen LogP contribution in [0.15, 0.2) is 60.8 Å². The number of benzene rings is 2. The minimum atomic E-state index is -3.65. The first-order chi connectivity index (χ1) is 14.4. The van der Waals surface area contributed by atoms with Crippen molar-refractivity contribution in [2.75, 3.05) is 13.2 Å². The summed E-state index contributed by atoms with van der Waals surface area (Å²) in [6.45, 7) is -0.483. The number of rotatable bonds is 7. The number of para-hydroxylation sites is 1. The van der Waals surface area contributed by atoms with Crippen molar-refractivity contribution in [1.29, 1.82) is 0 Å². The van der Waals surface area contributed by atoms with Gasteiger partial charge in [0.25, 0.3) is 0 Å². The Hall–Kier alpha value is -2.97. The maximum Gasteiger partial charge on any atom is 0.324 e. The van der Waals surface area contributed by atoms with Gasteiger partial charge in [0.05, 0.1) is 12.8 Å². The van der Waals surface area contributed by atoms with E-state index in [2.05, 4.69) is 4.98 Å². The van der Waals surface area contributed by atoms with Gasteiger partial charge in [0.1, 0.15) is 28.8 Å². The van der Waals surface area contributed by atoms with Crippen LogP contribution in [0.25, 0.3) is 0 Å². The molecular weight excluding hydrogens is 402 g/mol. The third-order valence-electron chi connectivity index (χ3n) is 4.95. The molecule has 4 rings (SSSR count). The van der Waals surface area contributed by atoms with Crippen molar-refractivity contribution < 1.29 is 32.1 Å². The van der Waals surface area contributed by atoms with Crippen LogP contribution in [-0.2, 0) is 22.7 Å². The van der Waals surface area contributed by atoms with E-state index in [1.54, 1.807) is 24.3 Å². The molecule has 1 aliphatic heterocycles. The Morgan fingerprint density at radius 2 is 1.87 bits per heavy atom. The fourth-order valence-corrected chi connectivity index (χ4v) is 3.29. The quantitative estimate of drug-likeness (QED) is 0.445. The topological polar surface area (TPSA) is 54.9 Å². The van der Waals surface area contributed by atoms with Gasteiger partial charge in [-0.2, -0.15) is 8.78 Å². The number of ether oxygens (including phenoxy) is 2. The number of aliphatic hydroxyl groups excluding tert-OH is 1. The molecule has 0 bridgehead atoms. The molecule has 0 aliphatic carbocycles. The van der Waals surface area contributed by atoms with Crippen LogP contribution in [0.5, 0.6) is 11.5 Å². The molecule has 8 heteroatoms. The van der Waals surface area contributed by atoms with Gasteiger partial charge in [0.15, 0.2) is 5.60 Å². The van der Waals surface area contributed by atoms with E-state index in [1.165, 1.54) is 6.07 Å². The molecule has 0 amide bonds. The summed E-state index contributed by atoms with van der Waals surface area (Å²) in [5.41, 5.74) is -2.52. The summed E-state index contributed by atoms with van der Waals surface area (Å²) in [7, 11) is 0. The first-order valence-electron chi connectivity index (χ1n) is 9.18. The van der Waals surface area contributed by atoms with E-state index in [0.717, 1.165) is 30.0 Å². The van der Waals surface area contributed by atoms with Gasteiger partial charge in [-0.15, -0.1) is 0 Å². The van der Waals surface area contributed by atoms with Crippen molar-refractivity contribution >= 4 is 0 Å². The molecule has 1 fully saturated rings. The fraction of sp³-hybridized carbons (Fsp3) is 0.227. The molecule has 2 aromatic carbocycles. The minimum absolute atomic E-state index is 0.0637. The molecule has 156 valence electrons. The molecule has 1 atom stereocenters. The summed E-state index contributed by atoms with van der Waals surface area (Å²) >= 11 is 0. The Balaban J connectivity index is 1.59. The Bertz CT molecular complexity index is 1050. The highest BCUT2D eigenvalue weighted by Crippen LogP contribution is 2.56. The number of hydrogen-bond donors (Lipinski definition) is 1. The second-order valence-corrected chi connectivity index (χ2v) is 6.88. The second kappa shape index (κ2) is 7.70. The van der Waals surface area contributed by atoms with Gasteiger partial charge < -0.3 is 14.6 Å². The molecule has 4 nitrogen and oxygen atoms in total. The lowest BCUT2D eigenvalue weighted by Crippen LogP contribution is -2.34. The van der Waals surface area contributed by atoms with Gasteiger partial charge >= 0.3 is 5.92 Å². The predicted octanol–water partition coefficient (Wildman–Crippen LogP) is 4.70. The average Bonchev–Trinajstić information content (AvgIpc) is 3.52. The highest BCUT2D eigenvalue weighted by Gasteiger charge is 2.68. The Morgan fingerprint density at radius 1 is 1.10 bits per heavy atom. The van der Waals surface area contributed by atoms with E-state index in [-0.39, 0.29) is 12.4 Å². The van der Waals surface area contributed by atoms with Crippen molar-refractivity contribution in [3.63, 3.8) is 0 Å². The molecule has 30 heavy (non-hydrogen) atoms. The lowest BCUT2D eigenvalue weighted by Gasteiger charge is -2.24. The Labute approximate surface area is 169 Å². The zero-order chi connectivity index (χ0) is 21.4. The minimum Gasteiger partial charge on any atom is -0.455 e. The van der Waals surface area contributed by atoms with Gasteiger partial charge in [-0.25, -0.2) is 8.78 Å². The van der Waals surface area contributed by atoms with E-state index < -0.39 is 41.0 Å². The van der Waals surface area contributed by atoms with E-state index in [9.17, 15) is 8.78 Å². The third-order valence-corrected chi connectivity index (χ3v) is 4.95. The molecule has 2 heterocycles. The molecule has 0 radical (unpaired) electrons. The molecule has 0 spiro atoms. The van der Waals surface area contributed by atoms with Gasteiger partial charge in [-0.3, -0.25) is 4.98 Å². The summed E-state index contributed by atoms with van der Waals surface area (Å²) in [5.74, 6) is -4.93. The van der Waals surface area contributed by atoms with Gasteiger partial charge in [-0.05, 0) is 42.3 Å². The largest absolute Gasteiger partial charge is 0.455 e. The monoisotopic (exact) mass is 419 g/mol. The Morgan fingerprint density at radius 3 is 2.50 bits per heavy atom. The molecule has 1 aromatic heterocycles. The van der Waals surface area contributed by atoms with Crippen LogP contribution in [0.4, 0.5) is 17.6 Å². The lowest BCUT2D eigenvalue weighted by molar-refractivity contribution is -0.0902. The lowest BCUT2D eigenvalue weighted by atomic mass is 9.90. The molecule has 1 aliphatic rings. The summed E-state index contributed by atoms with van der Waals surface area (Å²) in [6, 6.07) is 11.8. The van der Waals surface area contributed by atoms with Crippen LogP contribution in [0.1, 0.15) is 16.8 Å². The molecule has 1 unspecified atom stereocenters. The van der Waals surface area contributed by atoms with Crippen molar-refractivity contribution in [3.8, 4) is 11.5 Å². The van der Waals surface area contributed by atoms with Crippen LogP contribution in [0.3, 0.4) is 0 Å². The van der Waals surface area contributed by atoms with Crippen molar-refractivity contribution in [3.05, 3.63) is 89.2 Å². The second-order valence-electron chi connectivity index (χ2n) is 6.88. The predicted molar refractivity (Wildman–Crippen MR) is 99.4 cm³/mol. The SMILES string of the molecule is OCCc1ccccc1Oc1ccc(C(F)(F)C2(c3ccc(F)cc3F)CO2)nc1. The zero-order valence-electron chi connectivity index (χ0n) is 15.6. The number of nitrogens with zero attached hydrogens (tertiary/aromatic N) is 1. The third kappa shape index (κ3) is 3.53. The summed E-state index contributed by atoms with van der Waals surface area (Å²) in [5, 5.41) is 9.14. The molecule has 1 N–H and O–H groups in total. The van der Waals surface area contributed by atoms with Crippen molar-refractivity contribution in [1.82, 2.24) is 4.98 Å². The number of pyridine rings is 1. The summed E-state index contributed by atoms with van der Waals surface area (Å²) in [6.07, 6.45) is 1.51. The average molecular weight is 419 g/mol. The number of alkyl halides is 2. The molecule has 1 saturated heterocycles. The van der Waals surface area contributed by atoms with E-state index in [4.69, 9.17) is 14.6 Å². The highest BCUT2D eigenvalue weighted by molar-refractivity contribution is 5.39. The number of aliphatic hydroxyl groups is 1. The molecular formula is C22H17F4NO3. The van der Waals surface area contributed by atoms with Gasteiger partial charge in [0.2, 0.25) is 0 Å². The Kier molecular flexibility index (Phi) is 5.21. The smallest absolute Gasteiger partial charge is 0.324 e. The summed E-state index contributed by atoms with van der Waals surface area (Å²) < 4.78 is 68.3. The van der Waals surface area contributed by atoms with Crippen molar-refractivity contribution in [2.45, 2.75) is 17.9 Å². The first kappa shape index (κ1) is 20.3.